The van der Waals surface area contributed by atoms with Crippen molar-refractivity contribution in [3.8, 4) is 0 Å². The van der Waals surface area contributed by atoms with E-state index >= 15 is 0 Å². The fourth-order valence-corrected chi connectivity index (χ4v) is 3.58. The first-order valence-corrected chi connectivity index (χ1v) is 8.83. The molecule has 1 N–H and O–H groups in total. The van der Waals surface area contributed by atoms with Crippen LogP contribution >= 0.6 is 0 Å². The van der Waals surface area contributed by atoms with E-state index in [1.165, 1.54) is 6.20 Å². The van der Waals surface area contributed by atoms with Crippen LogP contribution in [-0.2, 0) is 21.2 Å². The highest BCUT2D eigenvalue weighted by Gasteiger charge is 2.31. The summed E-state index contributed by atoms with van der Waals surface area (Å²) in [7, 11) is -3.32. The summed E-state index contributed by atoms with van der Waals surface area (Å²) in [5.74, 6) is -0.0552. The van der Waals surface area contributed by atoms with Crippen molar-refractivity contribution in [2.75, 3.05) is 19.3 Å². The van der Waals surface area contributed by atoms with Crippen LogP contribution in [0.15, 0.2) is 29.6 Å². The summed E-state index contributed by atoms with van der Waals surface area (Å²) in [6.07, 6.45) is 6.58. The predicted octanol–water partition coefficient (Wildman–Crippen LogP) is 0.0258. The summed E-state index contributed by atoms with van der Waals surface area (Å²) in [6.45, 7) is 1.29. The molecule has 118 valence electrons. The number of hydrogen-bond donors (Lipinski definition) is 1. The Bertz CT molecular complexity index is 765. The number of H-pyrrole nitrogens is 1. The maximum Gasteiger partial charge on any atom is 0.244 e. The number of likely N-dealkylation sites (tertiary alicyclic amines) is 1. The zero-order chi connectivity index (χ0) is 15.7. The lowest BCUT2D eigenvalue weighted by atomic mass is 10.1. The number of hydrogen-bond acceptors (Lipinski definition) is 5. The number of aromatic nitrogens is 4. The lowest BCUT2D eigenvalue weighted by Crippen LogP contribution is -2.32. The van der Waals surface area contributed by atoms with Gasteiger partial charge in [-0.2, -0.15) is 10.2 Å². The molecule has 2 aromatic rings. The second-order valence-corrected chi connectivity index (χ2v) is 7.43. The number of carbonyl (C=O) groups excluding carboxylic acids is 1. The van der Waals surface area contributed by atoms with E-state index in [1.807, 2.05) is 0 Å². The Labute approximate surface area is 128 Å². The van der Waals surface area contributed by atoms with Crippen molar-refractivity contribution in [3.63, 3.8) is 0 Å². The minimum Gasteiger partial charge on any atom is -0.340 e. The summed E-state index contributed by atoms with van der Waals surface area (Å²) >= 11 is 0. The number of sulfone groups is 1. The van der Waals surface area contributed by atoms with Gasteiger partial charge in [0.25, 0.3) is 0 Å². The molecule has 1 amide bonds. The molecule has 0 spiro atoms. The number of nitrogens with one attached hydrogen (secondary N) is 1. The van der Waals surface area contributed by atoms with Gasteiger partial charge in [0.05, 0.1) is 11.9 Å². The first-order chi connectivity index (χ1) is 10.4. The molecule has 2 aromatic heterocycles. The topological polar surface area (TPSA) is 101 Å². The van der Waals surface area contributed by atoms with Crippen molar-refractivity contribution in [2.45, 2.75) is 23.8 Å². The van der Waals surface area contributed by atoms with Crippen molar-refractivity contribution in [1.29, 1.82) is 0 Å². The Hall–Kier alpha value is -2.16. The van der Waals surface area contributed by atoms with Crippen molar-refractivity contribution >= 4 is 15.7 Å². The van der Waals surface area contributed by atoms with Gasteiger partial charge in [-0.05, 0) is 12.5 Å². The van der Waals surface area contributed by atoms with E-state index in [4.69, 9.17) is 0 Å². The summed E-state index contributed by atoms with van der Waals surface area (Å²) < 4.78 is 25.1. The van der Waals surface area contributed by atoms with E-state index in [9.17, 15) is 13.2 Å². The van der Waals surface area contributed by atoms with Crippen molar-refractivity contribution in [2.24, 2.45) is 0 Å². The highest BCUT2D eigenvalue weighted by Crippen LogP contribution is 2.30. The largest absolute Gasteiger partial charge is 0.340 e. The minimum atomic E-state index is -3.32. The highest BCUT2D eigenvalue weighted by molar-refractivity contribution is 7.90. The van der Waals surface area contributed by atoms with E-state index in [0.717, 1.165) is 12.7 Å². The Kier molecular flexibility index (Phi) is 3.73. The van der Waals surface area contributed by atoms with Crippen LogP contribution in [0.25, 0.3) is 0 Å². The van der Waals surface area contributed by atoms with Crippen LogP contribution in [0.3, 0.4) is 0 Å². The number of aromatic amines is 1. The molecular formula is C13H17N5O3S. The molecule has 1 aliphatic rings. The molecule has 0 unspecified atom stereocenters. The van der Waals surface area contributed by atoms with Gasteiger partial charge in [-0.3, -0.25) is 14.6 Å². The highest BCUT2D eigenvalue weighted by atomic mass is 32.2. The normalized spacial score (nSPS) is 18.8. The van der Waals surface area contributed by atoms with Crippen LogP contribution in [0.4, 0.5) is 0 Å². The molecule has 1 atom stereocenters. The lowest BCUT2D eigenvalue weighted by Gasteiger charge is -2.16. The quantitative estimate of drug-likeness (QED) is 0.855. The van der Waals surface area contributed by atoms with Crippen LogP contribution in [0, 0.1) is 0 Å². The molecule has 9 heteroatoms. The van der Waals surface area contributed by atoms with Gasteiger partial charge in [-0.15, -0.1) is 0 Å². The van der Waals surface area contributed by atoms with Gasteiger partial charge in [-0.1, -0.05) is 0 Å². The average Bonchev–Trinajstić information content (AvgIpc) is 3.18. The zero-order valence-corrected chi connectivity index (χ0v) is 13.0. The van der Waals surface area contributed by atoms with Crippen LogP contribution in [0.1, 0.15) is 18.0 Å². The molecule has 8 nitrogen and oxygen atoms in total. The SMILES string of the molecule is CS(=O)(=O)c1cn[nH]c1[C@H]1CCN(C(=O)Cn2cccn2)C1. The Morgan fingerprint density at radius 2 is 2.32 bits per heavy atom. The maximum absolute atomic E-state index is 12.2. The van der Waals surface area contributed by atoms with Crippen LogP contribution in [0.5, 0.6) is 0 Å². The second kappa shape index (κ2) is 5.56. The molecule has 3 rings (SSSR count). The van der Waals surface area contributed by atoms with Crippen LogP contribution in [-0.4, -0.2) is 58.5 Å². The minimum absolute atomic E-state index is 0.0216. The molecule has 1 saturated heterocycles. The molecule has 3 heterocycles. The van der Waals surface area contributed by atoms with Crippen molar-refractivity contribution in [3.05, 3.63) is 30.4 Å². The third kappa shape index (κ3) is 2.89. The first-order valence-electron chi connectivity index (χ1n) is 6.93. The molecule has 0 radical (unpaired) electrons. The van der Waals surface area contributed by atoms with E-state index in [1.54, 1.807) is 28.0 Å². The zero-order valence-electron chi connectivity index (χ0n) is 12.1. The van der Waals surface area contributed by atoms with Gasteiger partial charge in [0.2, 0.25) is 5.91 Å². The van der Waals surface area contributed by atoms with E-state index in [-0.39, 0.29) is 23.3 Å². The van der Waals surface area contributed by atoms with Gasteiger partial charge in [0.15, 0.2) is 9.84 Å². The van der Waals surface area contributed by atoms with Gasteiger partial charge in [0.1, 0.15) is 11.4 Å². The molecular weight excluding hydrogens is 306 g/mol. The van der Waals surface area contributed by atoms with Crippen LogP contribution < -0.4 is 0 Å². The van der Waals surface area contributed by atoms with Gasteiger partial charge < -0.3 is 4.90 Å². The second-order valence-electron chi connectivity index (χ2n) is 5.45. The summed E-state index contributed by atoms with van der Waals surface area (Å²) in [6, 6.07) is 1.77. The number of nitrogens with zero attached hydrogens (tertiary/aromatic N) is 4. The maximum atomic E-state index is 12.2. The van der Waals surface area contributed by atoms with Crippen molar-refractivity contribution < 1.29 is 13.2 Å². The van der Waals surface area contributed by atoms with E-state index in [2.05, 4.69) is 15.3 Å². The molecule has 0 aromatic carbocycles. The molecule has 0 saturated carbocycles. The Balaban J connectivity index is 1.70. The fraction of sp³-hybridized carbons (Fsp3) is 0.462. The monoisotopic (exact) mass is 323 g/mol. The number of rotatable bonds is 4. The lowest BCUT2D eigenvalue weighted by molar-refractivity contribution is -0.131. The van der Waals surface area contributed by atoms with Gasteiger partial charge in [-0.25, -0.2) is 8.42 Å². The molecule has 0 aliphatic carbocycles. The van der Waals surface area contributed by atoms with Gasteiger partial charge >= 0.3 is 0 Å². The standard InChI is InChI=1S/C13H17N5O3S/c1-22(20,21)11-7-14-16-13(11)10-3-6-17(8-10)12(19)9-18-5-2-4-15-18/h2,4-5,7,10H,3,6,8-9H2,1H3,(H,14,16)/t10-/m0/s1. The smallest absolute Gasteiger partial charge is 0.244 e. The molecule has 22 heavy (non-hydrogen) atoms. The first kappa shape index (κ1) is 14.8. The third-order valence-corrected chi connectivity index (χ3v) is 4.96. The predicted molar refractivity (Wildman–Crippen MR) is 77.9 cm³/mol. The molecule has 1 fully saturated rings. The Morgan fingerprint density at radius 1 is 1.50 bits per heavy atom. The summed E-state index contributed by atoms with van der Waals surface area (Å²) in [5, 5.41) is 10.6. The molecule has 1 aliphatic heterocycles. The third-order valence-electron chi connectivity index (χ3n) is 3.84. The van der Waals surface area contributed by atoms with E-state index in [0.29, 0.717) is 18.8 Å². The summed E-state index contributed by atoms with van der Waals surface area (Å²) in [4.78, 5) is 14.2. The summed E-state index contributed by atoms with van der Waals surface area (Å²) in [5.41, 5.74) is 0.594. The van der Waals surface area contributed by atoms with Gasteiger partial charge in [0, 0.05) is 37.7 Å². The fourth-order valence-electron chi connectivity index (χ4n) is 2.73. The average molecular weight is 323 g/mol. The number of carbonyl (C=O) groups is 1. The molecule has 0 bridgehead atoms. The van der Waals surface area contributed by atoms with Crippen molar-refractivity contribution in [1.82, 2.24) is 24.9 Å². The number of amides is 1. The van der Waals surface area contributed by atoms with E-state index < -0.39 is 9.84 Å². The van der Waals surface area contributed by atoms with Crippen LogP contribution in [0.2, 0.25) is 0 Å². The Morgan fingerprint density at radius 3 is 3.00 bits per heavy atom.